The lowest BCUT2D eigenvalue weighted by molar-refractivity contribution is -0.122. The van der Waals surface area contributed by atoms with E-state index in [0.717, 1.165) is 0 Å². The second kappa shape index (κ2) is 6.95. The SMILES string of the molecule is C[C@@H](Oc1ccc(Cl)cc1)C(=O)Nc1cccc(C(N)=O)c1. The summed E-state index contributed by atoms with van der Waals surface area (Å²) in [6.45, 7) is 1.63. The van der Waals surface area contributed by atoms with E-state index >= 15 is 0 Å². The Hall–Kier alpha value is -2.53. The van der Waals surface area contributed by atoms with Crippen molar-refractivity contribution in [2.24, 2.45) is 5.73 Å². The molecule has 0 radical (unpaired) electrons. The first-order valence-electron chi connectivity index (χ1n) is 6.58. The van der Waals surface area contributed by atoms with Crippen LogP contribution in [0.15, 0.2) is 48.5 Å². The summed E-state index contributed by atoms with van der Waals surface area (Å²) in [5.74, 6) is -0.351. The van der Waals surface area contributed by atoms with Crippen LogP contribution in [0.2, 0.25) is 5.02 Å². The maximum absolute atomic E-state index is 12.1. The van der Waals surface area contributed by atoms with Gasteiger partial charge in [0.25, 0.3) is 5.91 Å². The summed E-state index contributed by atoms with van der Waals surface area (Å²) in [5, 5.41) is 3.26. The lowest BCUT2D eigenvalue weighted by Gasteiger charge is -2.15. The molecule has 0 spiro atoms. The standard InChI is InChI=1S/C16H15ClN2O3/c1-10(22-14-7-5-12(17)6-8-14)16(21)19-13-4-2-3-11(9-13)15(18)20/h2-10H,1H3,(H2,18,20)(H,19,21)/t10-/m1/s1. The molecule has 2 aromatic rings. The molecule has 0 aliphatic rings. The molecule has 2 amide bonds. The Balaban J connectivity index is 2.00. The molecule has 0 bridgehead atoms. The van der Waals surface area contributed by atoms with E-state index in [4.69, 9.17) is 22.1 Å². The first kappa shape index (κ1) is 15.9. The fourth-order valence-electron chi connectivity index (χ4n) is 1.76. The molecule has 114 valence electrons. The molecule has 0 unspecified atom stereocenters. The molecule has 2 aromatic carbocycles. The van der Waals surface area contributed by atoms with Crippen LogP contribution < -0.4 is 15.8 Å². The number of nitrogens with two attached hydrogens (primary N) is 1. The van der Waals surface area contributed by atoms with Crippen molar-refractivity contribution >= 4 is 29.1 Å². The van der Waals surface area contributed by atoms with Gasteiger partial charge in [0.05, 0.1) is 0 Å². The van der Waals surface area contributed by atoms with Crippen molar-refractivity contribution < 1.29 is 14.3 Å². The Morgan fingerprint density at radius 2 is 1.86 bits per heavy atom. The topological polar surface area (TPSA) is 81.4 Å². The number of benzene rings is 2. The van der Waals surface area contributed by atoms with Crippen LogP contribution >= 0.6 is 11.6 Å². The van der Waals surface area contributed by atoms with Gasteiger partial charge < -0.3 is 15.8 Å². The van der Waals surface area contributed by atoms with Crippen LogP contribution in [0.4, 0.5) is 5.69 Å². The summed E-state index contributed by atoms with van der Waals surface area (Å²) in [6, 6.07) is 13.1. The van der Waals surface area contributed by atoms with Gasteiger partial charge in [-0.3, -0.25) is 9.59 Å². The van der Waals surface area contributed by atoms with Gasteiger partial charge in [-0.1, -0.05) is 17.7 Å². The van der Waals surface area contributed by atoms with E-state index in [9.17, 15) is 9.59 Å². The zero-order chi connectivity index (χ0) is 16.1. The van der Waals surface area contributed by atoms with Crippen LogP contribution in [0, 0.1) is 0 Å². The van der Waals surface area contributed by atoms with Gasteiger partial charge in [0.15, 0.2) is 6.10 Å². The van der Waals surface area contributed by atoms with Crippen molar-refractivity contribution in [3.63, 3.8) is 0 Å². The molecule has 0 aliphatic carbocycles. The summed E-state index contributed by atoms with van der Waals surface area (Å²) in [6.07, 6.45) is -0.710. The molecule has 0 heterocycles. The molecule has 6 heteroatoms. The van der Waals surface area contributed by atoms with E-state index in [0.29, 0.717) is 22.0 Å². The summed E-state index contributed by atoms with van der Waals surface area (Å²) in [5.41, 5.74) is 6.00. The van der Waals surface area contributed by atoms with Crippen LogP contribution in [0.5, 0.6) is 5.75 Å². The highest BCUT2D eigenvalue weighted by molar-refractivity contribution is 6.30. The van der Waals surface area contributed by atoms with Crippen molar-refractivity contribution in [3.05, 3.63) is 59.1 Å². The van der Waals surface area contributed by atoms with E-state index < -0.39 is 12.0 Å². The smallest absolute Gasteiger partial charge is 0.265 e. The minimum Gasteiger partial charge on any atom is -0.481 e. The van der Waals surface area contributed by atoms with Crippen molar-refractivity contribution in [1.82, 2.24) is 0 Å². The van der Waals surface area contributed by atoms with Crippen molar-refractivity contribution in [2.75, 3.05) is 5.32 Å². The second-order valence-electron chi connectivity index (χ2n) is 4.65. The number of rotatable bonds is 5. The third kappa shape index (κ3) is 4.23. The predicted octanol–water partition coefficient (Wildman–Crippen LogP) is 2.84. The van der Waals surface area contributed by atoms with E-state index in [1.54, 1.807) is 49.4 Å². The normalized spacial score (nSPS) is 11.5. The molecule has 1 atom stereocenters. The number of hydrogen-bond acceptors (Lipinski definition) is 3. The Kier molecular flexibility index (Phi) is 5.01. The molecule has 5 nitrogen and oxygen atoms in total. The lowest BCUT2D eigenvalue weighted by atomic mass is 10.2. The van der Waals surface area contributed by atoms with E-state index in [-0.39, 0.29) is 5.91 Å². The van der Waals surface area contributed by atoms with Crippen LogP contribution in [-0.4, -0.2) is 17.9 Å². The second-order valence-corrected chi connectivity index (χ2v) is 5.08. The van der Waals surface area contributed by atoms with Crippen LogP contribution in [0.25, 0.3) is 0 Å². The summed E-state index contributed by atoms with van der Waals surface area (Å²) in [7, 11) is 0. The number of ether oxygens (including phenoxy) is 1. The zero-order valence-corrected chi connectivity index (χ0v) is 12.6. The first-order valence-corrected chi connectivity index (χ1v) is 6.96. The molecule has 22 heavy (non-hydrogen) atoms. The number of carbonyl (C=O) groups is 2. The van der Waals surface area contributed by atoms with Gasteiger partial charge in [0.2, 0.25) is 5.91 Å². The van der Waals surface area contributed by atoms with Gasteiger partial charge in [-0.2, -0.15) is 0 Å². The molecular weight excluding hydrogens is 304 g/mol. The number of hydrogen-bond donors (Lipinski definition) is 2. The molecule has 0 aromatic heterocycles. The molecule has 0 saturated heterocycles. The average Bonchev–Trinajstić information content (AvgIpc) is 2.49. The fourth-order valence-corrected chi connectivity index (χ4v) is 1.89. The summed E-state index contributed by atoms with van der Waals surface area (Å²) < 4.78 is 5.52. The number of nitrogens with one attached hydrogen (secondary N) is 1. The highest BCUT2D eigenvalue weighted by Gasteiger charge is 2.15. The van der Waals surface area contributed by atoms with Crippen molar-refractivity contribution in [1.29, 1.82) is 0 Å². The van der Waals surface area contributed by atoms with E-state index in [1.807, 2.05) is 0 Å². The quantitative estimate of drug-likeness (QED) is 0.889. The Labute approximate surface area is 133 Å². The van der Waals surface area contributed by atoms with E-state index in [2.05, 4.69) is 5.32 Å². The minimum absolute atomic E-state index is 0.323. The van der Waals surface area contributed by atoms with E-state index in [1.165, 1.54) is 6.07 Å². The zero-order valence-electron chi connectivity index (χ0n) is 11.9. The number of carbonyl (C=O) groups excluding carboxylic acids is 2. The van der Waals surface area contributed by atoms with Crippen LogP contribution in [-0.2, 0) is 4.79 Å². The van der Waals surface area contributed by atoms with Crippen LogP contribution in [0.3, 0.4) is 0 Å². The fraction of sp³-hybridized carbons (Fsp3) is 0.125. The predicted molar refractivity (Wildman–Crippen MR) is 85.1 cm³/mol. The summed E-state index contributed by atoms with van der Waals surface area (Å²) in [4.78, 5) is 23.2. The third-order valence-corrected chi connectivity index (χ3v) is 3.16. The Morgan fingerprint density at radius 3 is 2.50 bits per heavy atom. The highest BCUT2D eigenvalue weighted by Crippen LogP contribution is 2.17. The van der Waals surface area contributed by atoms with Gasteiger partial charge in [-0.15, -0.1) is 0 Å². The number of anilines is 1. The first-order chi connectivity index (χ1) is 10.5. The maximum Gasteiger partial charge on any atom is 0.265 e. The number of primary amides is 1. The molecule has 0 aliphatic heterocycles. The monoisotopic (exact) mass is 318 g/mol. The highest BCUT2D eigenvalue weighted by atomic mass is 35.5. The Bertz CT molecular complexity index is 686. The van der Waals surface area contributed by atoms with Crippen molar-refractivity contribution in [2.45, 2.75) is 13.0 Å². The number of amides is 2. The third-order valence-electron chi connectivity index (χ3n) is 2.91. The van der Waals surface area contributed by atoms with Gasteiger partial charge in [0.1, 0.15) is 5.75 Å². The van der Waals surface area contributed by atoms with Gasteiger partial charge in [-0.25, -0.2) is 0 Å². The molecule has 3 N–H and O–H groups in total. The maximum atomic E-state index is 12.1. The lowest BCUT2D eigenvalue weighted by Crippen LogP contribution is -2.30. The minimum atomic E-state index is -0.710. The van der Waals surface area contributed by atoms with Crippen molar-refractivity contribution in [3.8, 4) is 5.75 Å². The average molecular weight is 319 g/mol. The van der Waals surface area contributed by atoms with Gasteiger partial charge in [-0.05, 0) is 49.4 Å². The van der Waals surface area contributed by atoms with Crippen LogP contribution in [0.1, 0.15) is 17.3 Å². The largest absolute Gasteiger partial charge is 0.481 e. The molecule has 0 fully saturated rings. The molecule has 0 saturated carbocycles. The van der Waals surface area contributed by atoms with Gasteiger partial charge in [0, 0.05) is 16.3 Å². The number of halogens is 1. The van der Waals surface area contributed by atoms with Gasteiger partial charge >= 0.3 is 0 Å². The summed E-state index contributed by atoms with van der Waals surface area (Å²) >= 11 is 5.79. The Morgan fingerprint density at radius 1 is 1.18 bits per heavy atom. The molecular formula is C16H15ClN2O3. The molecule has 2 rings (SSSR count).